The summed E-state index contributed by atoms with van der Waals surface area (Å²) in [4.78, 5) is 12.3. The van der Waals surface area contributed by atoms with Gasteiger partial charge in [-0.05, 0) is 49.7 Å². The van der Waals surface area contributed by atoms with Crippen LogP contribution < -0.4 is 4.74 Å². The zero-order chi connectivity index (χ0) is 24.5. The molecule has 0 aliphatic carbocycles. The van der Waals surface area contributed by atoms with Crippen molar-refractivity contribution in [2.45, 2.75) is 38.7 Å². The van der Waals surface area contributed by atoms with E-state index in [1.807, 2.05) is 6.92 Å². The first-order chi connectivity index (χ1) is 16.2. The van der Waals surface area contributed by atoms with Gasteiger partial charge in [0.2, 0.25) is 5.82 Å². The molecular weight excluding hydrogens is 475 g/mol. The molecule has 1 aliphatic heterocycles. The number of halogens is 4. The number of carbonyl (C=O) groups excluding carboxylic acids is 1. The third-order valence-corrected chi connectivity index (χ3v) is 5.41. The number of benzene rings is 2. The molecule has 0 amide bonds. The molecule has 0 N–H and O–H groups in total. The van der Waals surface area contributed by atoms with Gasteiger partial charge in [-0.1, -0.05) is 23.7 Å². The molecule has 2 atom stereocenters. The highest BCUT2D eigenvalue weighted by Crippen LogP contribution is 2.44. The van der Waals surface area contributed by atoms with Gasteiger partial charge in [-0.3, -0.25) is 9.36 Å². The highest BCUT2D eigenvalue weighted by atomic mass is 35.5. The minimum Gasteiger partial charge on any atom is -0.494 e. The van der Waals surface area contributed by atoms with Gasteiger partial charge >= 0.3 is 12.1 Å². The molecule has 0 saturated heterocycles. The smallest absolute Gasteiger partial charge is 0.452 e. The van der Waals surface area contributed by atoms with E-state index in [0.29, 0.717) is 28.5 Å². The molecule has 4 rings (SSSR count). The zero-order valence-electron chi connectivity index (χ0n) is 18.3. The van der Waals surface area contributed by atoms with Crippen molar-refractivity contribution in [3.63, 3.8) is 0 Å². The van der Waals surface area contributed by atoms with Crippen LogP contribution in [0.5, 0.6) is 5.75 Å². The second-order valence-corrected chi connectivity index (χ2v) is 7.87. The van der Waals surface area contributed by atoms with Gasteiger partial charge in [0.25, 0.3) is 0 Å². The van der Waals surface area contributed by atoms with E-state index in [1.165, 1.54) is 18.2 Å². The number of hydrogen-bond donors (Lipinski definition) is 0. The third kappa shape index (κ3) is 4.74. The molecule has 0 unspecified atom stereocenters. The lowest BCUT2D eigenvalue weighted by Crippen LogP contribution is -2.18. The van der Waals surface area contributed by atoms with Crippen molar-refractivity contribution in [3.8, 4) is 11.4 Å². The van der Waals surface area contributed by atoms with Crippen molar-refractivity contribution < 1.29 is 32.2 Å². The predicted molar refractivity (Wildman–Crippen MR) is 116 cm³/mol. The van der Waals surface area contributed by atoms with Crippen LogP contribution in [0.25, 0.3) is 5.69 Å². The summed E-state index contributed by atoms with van der Waals surface area (Å²) < 4.78 is 59.4. The molecule has 1 aromatic heterocycles. The highest BCUT2D eigenvalue weighted by Gasteiger charge is 2.43. The first-order valence-corrected chi connectivity index (χ1v) is 11.0. The number of fused-ring (bicyclic) bond motifs is 3. The van der Waals surface area contributed by atoms with Crippen LogP contribution in [-0.4, -0.2) is 33.9 Å². The van der Waals surface area contributed by atoms with Gasteiger partial charge in [-0.25, -0.2) is 0 Å². The lowest BCUT2D eigenvalue weighted by molar-refractivity contribution is -0.147. The second-order valence-electron chi connectivity index (χ2n) is 7.44. The molecule has 1 aliphatic rings. The highest BCUT2D eigenvalue weighted by molar-refractivity contribution is 6.30. The van der Waals surface area contributed by atoms with E-state index in [0.717, 1.165) is 4.57 Å². The summed E-state index contributed by atoms with van der Waals surface area (Å²) in [6.07, 6.45) is -7.20. The van der Waals surface area contributed by atoms with E-state index in [2.05, 4.69) is 10.2 Å². The molecule has 2 aromatic carbocycles. The summed E-state index contributed by atoms with van der Waals surface area (Å²) >= 11 is 6.24. The van der Waals surface area contributed by atoms with Gasteiger partial charge in [0.1, 0.15) is 18.0 Å². The Bertz CT molecular complexity index is 1200. The summed E-state index contributed by atoms with van der Waals surface area (Å²) in [6.45, 7) is 4.01. The van der Waals surface area contributed by atoms with E-state index in [9.17, 15) is 18.0 Å². The average molecular weight is 496 g/mol. The summed E-state index contributed by atoms with van der Waals surface area (Å²) in [7, 11) is 0. The maximum Gasteiger partial charge on any atom is 0.452 e. The number of aromatic nitrogens is 3. The molecule has 3 aromatic rings. The van der Waals surface area contributed by atoms with Crippen LogP contribution in [0, 0.1) is 0 Å². The van der Waals surface area contributed by atoms with Gasteiger partial charge in [0.15, 0.2) is 5.82 Å². The van der Waals surface area contributed by atoms with E-state index >= 15 is 0 Å². The molecule has 0 fully saturated rings. The fraction of sp³-hybridized carbons (Fsp3) is 0.348. The standard InChI is InChI=1S/C23H21ClF3N3O4/c1-3-32-15-7-5-6-13(10-15)20-16-11-14(24)8-9-17(16)30-21(28-29-22(30)23(25,26)27)18(34-20)12-19(31)33-4-2/h5-11,18,20H,3-4,12H2,1-2H3/t18-,20-/m0/s1. The van der Waals surface area contributed by atoms with Crippen molar-refractivity contribution >= 4 is 17.6 Å². The Kier molecular flexibility index (Phi) is 6.81. The van der Waals surface area contributed by atoms with Gasteiger partial charge in [-0.15, -0.1) is 10.2 Å². The van der Waals surface area contributed by atoms with Crippen LogP contribution in [0.4, 0.5) is 13.2 Å². The van der Waals surface area contributed by atoms with Crippen molar-refractivity contribution in [1.82, 2.24) is 14.8 Å². The zero-order valence-corrected chi connectivity index (χ0v) is 19.1. The van der Waals surface area contributed by atoms with Gasteiger partial charge in [0.05, 0.1) is 25.3 Å². The molecule has 0 spiro atoms. The SMILES string of the molecule is CCOC(=O)C[C@@H]1O[C@@H](c2cccc(OCC)c2)c2cc(Cl)ccc2-n2c1nnc2C(F)(F)F. The summed E-state index contributed by atoms with van der Waals surface area (Å²) in [5, 5.41) is 7.46. The number of esters is 1. The van der Waals surface area contributed by atoms with E-state index in [-0.39, 0.29) is 24.5 Å². The Balaban J connectivity index is 1.93. The summed E-state index contributed by atoms with van der Waals surface area (Å²) in [5.41, 5.74) is 1.12. The van der Waals surface area contributed by atoms with Crippen LogP contribution in [-0.2, 0) is 20.4 Å². The molecule has 7 nitrogen and oxygen atoms in total. The van der Waals surface area contributed by atoms with Gasteiger partial charge in [-0.2, -0.15) is 13.2 Å². The molecule has 0 radical (unpaired) electrons. The monoisotopic (exact) mass is 495 g/mol. The lowest BCUT2D eigenvalue weighted by Gasteiger charge is -2.23. The molecule has 0 saturated carbocycles. The molecule has 180 valence electrons. The molecule has 11 heteroatoms. The van der Waals surface area contributed by atoms with Crippen molar-refractivity contribution in [1.29, 1.82) is 0 Å². The van der Waals surface area contributed by atoms with Crippen molar-refractivity contribution in [2.24, 2.45) is 0 Å². The summed E-state index contributed by atoms with van der Waals surface area (Å²) in [6, 6.07) is 11.5. The Morgan fingerprint density at radius 2 is 1.94 bits per heavy atom. The number of rotatable bonds is 6. The summed E-state index contributed by atoms with van der Waals surface area (Å²) in [5.74, 6) is -1.46. The number of ether oxygens (including phenoxy) is 3. The van der Waals surface area contributed by atoms with Crippen LogP contribution in [0.1, 0.15) is 55.3 Å². The fourth-order valence-electron chi connectivity index (χ4n) is 3.87. The number of carbonyl (C=O) groups is 1. The number of hydrogen-bond acceptors (Lipinski definition) is 6. The predicted octanol–water partition coefficient (Wildman–Crippen LogP) is 5.45. The largest absolute Gasteiger partial charge is 0.494 e. The fourth-order valence-corrected chi connectivity index (χ4v) is 4.05. The first kappa shape index (κ1) is 24.0. The maximum atomic E-state index is 13.9. The normalized spacial score (nSPS) is 17.5. The Labute approximate surface area is 198 Å². The van der Waals surface area contributed by atoms with Crippen molar-refractivity contribution in [3.05, 3.63) is 70.3 Å². The van der Waals surface area contributed by atoms with Crippen molar-refractivity contribution in [2.75, 3.05) is 13.2 Å². The quantitative estimate of drug-likeness (QED) is 0.423. The van der Waals surface area contributed by atoms with E-state index < -0.39 is 30.2 Å². The lowest BCUT2D eigenvalue weighted by atomic mass is 9.99. The number of alkyl halides is 3. The molecular formula is C23H21ClF3N3O4. The number of nitrogens with zero attached hydrogens (tertiary/aromatic N) is 3. The third-order valence-electron chi connectivity index (χ3n) is 5.17. The molecule has 2 heterocycles. The minimum absolute atomic E-state index is 0.113. The van der Waals surface area contributed by atoms with Crippen LogP contribution in [0.2, 0.25) is 5.02 Å². The second kappa shape index (κ2) is 9.63. The van der Waals surface area contributed by atoms with Gasteiger partial charge < -0.3 is 14.2 Å². The van der Waals surface area contributed by atoms with Crippen LogP contribution >= 0.6 is 11.6 Å². The maximum absolute atomic E-state index is 13.9. The average Bonchev–Trinajstić information content (AvgIpc) is 3.18. The Morgan fingerprint density at radius 3 is 2.65 bits per heavy atom. The van der Waals surface area contributed by atoms with E-state index in [4.69, 9.17) is 25.8 Å². The minimum atomic E-state index is -4.80. The first-order valence-electron chi connectivity index (χ1n) is 10.6. The van der Waals surface area contributed by atoms with Crippen LogP contribution in [0.15, 0.2) is 42.5 Å². The Morgan fingerprint density at radius 1 is 1.15 bits per heavy atom. The molecule has 0 bridgehead atoms. The van der Waals surface area contributed by atoms with E-state index in [1.54, 1.807) is 31.2 Å². The Hall–Kier alpha value is -3.11. The topological polar surface area (TPSA) is 75.5 Å². The van der Waals surface area contributed by atoms with Gasteiger partial charge in [0, 0.05) is 10.6 Å². The molecule has 34 heavy (non-hydrogen) atoms. The van der Waals surface area contributed by atoms with Crippen LogP contribution in [0.3, 0.4) is 0 Å².